The predicted octanol–water partition coefficient (Wildman–Crippen LogP) is 0.139. The highest BCUT2D eigenvalue weighted by molar-refractivity contribution is 6.38. The molecule has 1 aliphatic rings. The van der Waals surface area contributed by atoms with E-state index in [2.05, 4.69) is 10.6 Å². The highest BCUT2D eigenvalue weighted by atomic mass is 16.2. The van der Waals surface area contributed by atoms with Crippen LogP contribution >= 0.6 is 0 Å². The van der Waals surface area contributed by atoms with Crippen molar-refractivity contribution in [1.29, 1.82) is 0 Å². The first kappa shape index (κ1) is 12.7. The average molecular weight is 226 g/mol. The molecule has 5 heteroatoms. The second kappa shape index (κ2) is 6.25. The zero-order valence-corrected chi connectivity index (χ0v) is 9.49. The smallest absolute Gasteiger partial charge is 0.289 e. The number of amides is 2. The van der Waals surface area contributed by atoms with Crippen molar-refractivity contribution in [2.45, 2.75) is 51.1 Å². The minimum Gasteiger partial charge on any atom is -0.348 e. The van der Waals surface area contributed by atoms with Gasteiger partial charge < -0.3 is 10.6 Å². The lowest BCUT2D eigenvalue weighted by Crippen LogP contribution is -2.45. The summed E-state index contributed by atoms with van der Waals surface area (Å²) in [7, 11) is 0. The van der Waals surface area contributed by atoms with Gasteiger partial charge in [-0.05, 0) is 19.3 Å². The third-order valence-corrected chi connectivity index (χ3v) is 2.57. The van der Waals surface area contributed by atoms with E-state index in [0.29, 0.717) is 12.8 Å². The van der Waals surface area contributed by atoms with E-state index in [9.17, 15) is 14.4 Å². The highest BCUT2D eigenvalue weighted by Gasteiger charge is 2.29. The van der Waals surface area contributed by atoms with Gasteiger partial charge in [0.2, 0.25) is 12.2 Å². The van der Waals surface area contributed by atoms with E-state index in [4.69, 9.17) is 0 Å². The lowest BCUT2D eigenvalue weighted by atomic mass is 10.1. The standard InChI is InChI=1S/C11H18N2O3/c1-2-3-4-9(12-7-14)10(15)11(16)13-8-5-6-8/h7-9H,2-6H2,1H3,(H,12,14)(H,13,16)/t9-/m0/s1. The van der Waals surface area contributed by atoms with Gasteiger partial charge in [0.05, 0.1) is 6.04 Å². The molecule has 0 saturated heterocycles. The molecule has 1 saturated carbocycles. The molecule has 0 aromatic heterocycles. The lowest BCUT2D eigenvalue weighted by molar-refractivity contribution is -0.139. The van der Waals surface area contributed by atoms with E-state index in [1.165, 1.54) is 0 Å². The molecule has 5 nitrogen and oxygen atoms in total. The number of hydrogen-bond acceptors (Lipinski definition) is 3. The van der Waals surface area contributed by atoms with Crippen molar-refractivity contribution < 1.29 is 14.4 Å². The maximum absolute atomic E-state index is 11.7. The minimum atomic E-state index is -0.670. The number of carbonyl (C=O) groups is 3. The Morgan fingerprint density at radius 3 is 2.62 bits per heavy atom. The van der Waals surface area contributed by atoms with Crippen LogP contribution in [0, 0.1) is 0 Å². The Morgan fingerprint density at radius 2 is 2.12 bits per heavy atom. The van der Waals surface area contributed by atoms with Crippen LogP contribution < -0.4 is 10.6 Å². The first-order valence-corrected chi connectivity index (χ1v) is 5.73. The Bertz CT molecular complexity index is 274. The van der Waals surface area contributed by atoms with Gasteiger partial charge in [0.15, 0.2) is 0 Å². The van der Waals surface area contributed by atoms with Gasteiger partial charge in [-0.3, -0.25) is 14.4 Å². The Labute approximate surface area is 95.0 Å². The number of Topliss-reactive ketones (excluding diaryl/α,β-unsaturated/α-hetero) is 1. The summed E-state index contributed by atoms with van der Waals surface area (Å²) < 4.78 is 0. The van der Waals surface area contributed by atoms with Crippen LogP contribution in [0.25, 0.3) is 0 Å². The van der Waals surface area contributed by atoms with E-state index < -0.39 is 17.7 Å². The number of nitrogens with one attached hydrogen (secondary N) is 2. The molecule has 1 aliphatic carbocycles. The molecule has 16 heavy (non-hydrogen) atoms. The summed E-state index contributed by atoms with van der Waals surface area (Å²) >= 11 is 0. The number of hydrogen-bond donors (Lipinski definition) is 2. The summed E-state index contributed by atoms with van der Waals surface area (Å²) in [6, 6.07) is -0.504. The summed E-state index contributed by atoms with van der Waals surface area (Å²) in [6.07, 6.45) is 4.62. The van der Waals surface area contributed by atoms with E-state index in [-0.39, 0.29) is 6.04 Å². The lowest BCUT2D eigenvalue weighted by Gasteiger charge is -2.13. The molecule has 0 heterocycles. The van der Waals surface area contributed by atoms with E-state index >= 15 is 0 Å². The number of unbranched alkanes of at least 4 members (excludes halogenated alkanes) is 1. The van der Waals surface area contributed by atoms with Crippen LogP contribution in [0.4, 0.5) is 0 Å². The molecular weight excluding hydrogens is 208 g/mol. The molecule has 0 aromatic carbocycles. The molecule has 0 aromatic rings. The molecule has 0 radical (unpaired) electrons. The molecule has 0 bridgehead atoms. The fourth-order valence-electron chi connectivity index (χ4n) is 1.42. The maximum Gasteiger partial charge on any atom is 0.289 e. The zero-order chi connectivity index (χ0) is 12.0. The average Bonchev–Trinajstić information content (AvgIpc) is 3.07. The third-order valence-electron chi connectivity index (χ3n) is 2.57. The van der Waals surface area contributed by atoms with Crippen LogP contribution in [0.5, 0.6) is 0 Å². The Kier molecular flexibility index (Phi) is 4.95. The second-order valence-electron chi connectivity index (χ2n) is 4.09. The minimum absolute atomic E-state index is 0.166. The van der Waals surface area contributed by atoms with Crippen molar-refractivity contribution in [2.24, 2.45) is 0 Å². The summed E-state index contributed by atoms with van der Waals surface area (Å²) in [5, 5.41) is 5.03. The largest absolute Gasteiger partial charge is 0.348 e. The van der Waals surface area contributed by atoms with Crippen molar-refractivity contribution in [3.63, 3.8) is 0 Å². The zero-order valence-electron chi connectivity index (χ0n) is 9.49. The molecule has 90 valence electrons. The van der Waals surface area contributed by atoms with Gasteiger partial charge in [0.25, 0.3) is 5.91 Å². The topological polar surface area (TPSA) is 75.3 Å². The highest BCUT2D eigenvalue weighted by Crippen LogP contribution is 2.18. The quantitative estimate of drug-likeness (QED) is 0.456. The SMILES string of the molecule is CCCC[C@H](NC=O)C(=O)C(=O)NC1CC1. The normalized spacial score (nSPS) is 16.3. The molecule has 0 unspecified atom stereocenters. The van der Waals surface area contributed by atoms with E-state index in [1.54, 1.807) is 0 Å². The van der Waals surface area contributed by atoms with Crippen LogP contribution in [0.15, 0.2) is 0 Å². The van der Waals surface area contributed by atoms with Crippen LogP contribution in [-0.2, 0) is 14.4 Å². The van der Waals surface area contributed by atoms with Crippen molar-refractivity contribution >= 4 is 18.1 Å². The molecule has 2 amide bonds. The molecule has 1 fully saturated rings. The molecule has 1 rings (SSSR count). The van der Waals surface area contributed by atoms with Gasteiger partial charge in [0.1, 0.15) is 0 Å². The Hall–Kier alpha value is -1.39. The first-order chi connectivity index (χ1) is 7.69. The van der Waals surface area contributed by atoms with Gasteiger partial charge in [0, 0.05) is 6.04 Å². The summed E-state index contributed by atoms with van der Waals surface area (Å²) in [6.45, 7) is 1.99. The van der Waals surface area contributed by atoms with Crippen LogP contribution in [0.3, 0.4) is 0 Å². The Balaban J connectivity index is 2.43. The monoisotopic (exact) mass is 226 g/mol. The van der Waals surface area contributed by atoms with Crippen molar-refractivity contribution in [3.05, 3.63) is 0 Å². The van der Waals surface area contributed by atoms with Crippen LogP contribution in [0.1, 0.15) is 39.0 Å². The number of rotatable bonds is 8. The molecular formula is C11H18N2O3. The van der Waals surface area contributed by atoms with Gasteiger partial charge in [-0.25, -0.2) is 0 Å². The second-order valence-corrected chi connectivity index (χ2v) is 4.09. The summed E-state index contributed by atoms with van der Waals surface area (Å²) in [5.41, 5.74) is 0. The summed E-state index contributed by atoms with van der Waals surface area (Å²) in [4.78, 5) is 33.5. The van der Waals surface area contributed by atoms with E-state index in [0.717, 1.165) is 25.7 Å². The van der Waals surface area contributed by atoms with Crippen molar-refractivity contribution in [3.8, 4) is 0 Å². The molecule has 2 N–H and O–H groups in total. The predicted molar refractivity (Wildman–Crippen MR) is 58.7 cm³/mol. The van der Waals surface area contributed by atoms with Crippen LogP contribution in [0.2, 0.25) is 0 Å². The molecule has 0 spiro atoms. The Morgan fingerprint density at radius 1 is 1.44 bits per heavy atom. The van der Waals surface area contributed by atoms with Gasteiger partial charge in [-0.2, -0.15) is 0 Å². The van der Waals surface area contributed by atoms with E-state index in [1.807, 2.05) is 6.92 Å². The molecule has 1 atom stereocenters. The fraction of sp³-hybridized carbons (Fsp3) is 0.727. The fourth-order valence-corrected chi connectivity index (χ4v) is 1.42. The first-order valence-electron chi connectivity index (χ1n) is 5.73. The van der Waals surface area contributed by atoms with Crippen molar-refractivity contribution in [2.75, 3.05) is 0 Å². The van der Waals surface area contributed by atoms with Gasteiger partial charge >= 0.3 is 0 Å². The van der Waals surface area contributed by atoms with Gasteiger partial charge in [-0.1, -0.05) is 19.8 Å². The maximum atomic E-state index is 11.7. The van der Waals surface area contributed by atoms with Crippen molar-refractivity contribution in [1.82, 2.24) is 10.6 Å². The number of carbonyl (C=O) groups excluding carboxylic acids is 3. The van der Waals surface area contributed by atoms with Crippen LogP contribution in [-0.4, -0.2) is 30.2 Å². The summed E-state index contributed by atoms with van der Waals surface area (Å²) in [5.74, 6) is -1.11. The third kappa shape index (κ3) is 4.00. The van der Waals surface area contributed by atoms with Gasteiger partial charge in [-0.15, -0.1) is 0 Å². The molecule has 0 aliphatic heterocycles. The number of ketones is 1.